The monoisotopic (exact) mass is 321 g/mol. The molecule has 0 aliphatic carbocycles. The highest BCUT2D eigenvalue weighted by atomic mass is 79.9. The summed E-state index contributed by atoms with van der Waals surface area (Å²) < 4.78 is 14.3. The van der Waals surface area contributed by atoms with Crippen LogP contribution in [0.1, 0.15) is 28.3 Å². The number of rotatable bonds is 3. The molecule has 2 rings (SSSR count). The van der Waals surface area contributed by atoms with E-state index in [9.17, 15) is 4.39 Å². The lowest BCUT2D eigenvalue weighted by molar-refractivity contribution is 0.621. The van der Waals surface area contributed by atoms with Crippen molar-refractivity contribution in [1.82, 2.24) is 0 Å². The second-order valence-electron chi connectivity index (χ2n) is 4.91. The summed E-state index contributed by atoms with van der Waals surface area (Å²) in [6.45, 7) is 4.02. The molecule has 0 saturated heterocycles. The lowest BCUT2D eigenvalue weighted by atomic mass is 9.96. The van der Waals surface area contributed by atoms with Crippen molar-refractivity contribution >= 4 is 15.9 Å². The lowest BCUT2D eigenvalue weighted by Crippen LogP contribution is -2.14. The van der Waals surface area contributed by atoms with Crippen molar-refractivity contribution in [2.24, 2.45) is 5.73 Å². The predicted molar refractivity (Wildman–Crippen MR) is 80.6 cm³/mol. The number of hydrogen-bond donors (Lipinski definition) is 1. The van der Waals surface area contributed by atoms with Crippen molar-refractivity contribution in [2.45, 2.75) is 26.3 Å². The van der Waals surface area contributed by atoms with Gasteiger partial charge in [0, 0.05) is 10.5 Å². The minimum Gasteiger partial charge on any atom is -0.324 e. The van der Waals surface area contributed by atoms with E-state index in [2.05, 4.69) is 15.9 Å². The van der Waals surface area contributed by atoms with Crippen LogP contribution in [0, 0.1) is 19.7 Å². The summed E-state index contributed by atoms with van der Waals surface area (Å²) in [7, 11) is 0. The van der Waals surface area contributed by atoms with E-state index in [0.29, 0.717) is 6.42 Å². The summed E-state index contributed by atoms with van der Waals surface area (Å²) in [6.07, 6.45) is 0.630. The van der Waals surface area contributed by atoms with Gasteiger partial charge in [-0.1, -0.05) is 34.1 Å². The zero-order valence-corrected chi connectivity index (χ0v) is 12.7. The van der Waals surface area contributed by atoms with Crippen molar-refractivity contribution < 1.29 is 4.39 Å². The second-order valence-corrected chi connectivity index (χ2v) is 5.76. The zero-order chi connectivity index (χ0) is 14.0. The van der Waals surface area contributed by atoms with Gasteiger partial charge in [0.15, 0.2) is 0 Å². The average molecular weight is 322 g/mol. The van der Waals surface area contributed by atoms with E-state index in [1.165, 1.54) is 11.6 Å². The van der Waals surface area contributed by atoms with E-state index in [4.69, 9.17) is 5.73 Å². The Hall–Kier alpha value is -1.19. The first-order valence-electron chi connectivity index (χ1n) is 6.24. The van der Waals surface area contributed by atoms with Crippen LogP contribution in [0.5, 0.6) is 0 Å². The normalized spacial score (nSPS) is 12.5. The average Bonchev–Trinajstić information content (AvgIpc) is 2.33. The lowest BCUT2D eigenvalue weighted by Gasteiger charge is -2.16. The van der Waals surface area contributed by atoms with Crippen LogP contribution in [-0.2, 0) is 6.42 Å². The van der Waals surface area contributed by atoms with E-state index in [1.807, 2.05) is 32.0 Å². The van der Waals surface area contributed by atoms with Gasteiger partial charge >= 0.3 is 0 Å². The fourth-order valence-corrected chi connectivity index (χ4v) is 2.93. The van der Waals surface area contributed by atoms with Gasteiger partial charge in [-0.05, 0) is 60.7 Å². The van der Waals surface area contributed by atoms with Gasteiger partial charge in [0.2, 0.25) is 0 Å². The number of halogens is 2. The molecule has 2 aromatic rings. The van der Waals surface area contributed by atoms with Crippen molar-refractivity contribution in [2.75, 3.05) is 0 Å². The van der Waals surface area contributed by atoms with Crippen LogP contribution in [-0.4, -0.2) is 0 Å². The Morgan fingerprint density at radius 1 is 1.16 bits per heavy atom. The highest BCUT2D eigenvalue weighted by Crippen LogP contribution is 2.26. The Morgan fingerprint density at radius 2 is 1.89 bits per heavy atom. The molecule has 0 aliphatic heterocycles. The summed E-state index contributed by atoms with van der Waals surface area (Å²) in [5, 5.41) is 0. The van der Waals surface area contributed by atoms with Crippen LogP contribution in [0.15, 0.2) is 40.9 Å². The van der Waals surface area contributed by atoms with E-state index in [1.54, 1.807) is 12.1 Å². The first-order valence-corrected chi connectivity index (χ1v) is 7.03. The fourth-order valence-electron chi connectivity index (χ4n) is 2.14. The Labute approximate surface area is 121 Å². The molecule has 3 heteroatoms. The SMILES string of the molecule is Cc1ccc(C(N)Cc2cc(F)ccc2C)c(Br)c1. The van der Waals surface area contributed by atoms with Gasteiger partial charge < -0.3 is 5.73 Å². The topological polar surface area (TPSA) is 26.0 Å². The van der Waals surface area contributed by atoms with E-state index >= 15 is 0 Å². The van der Waals surface area contributed by atoms with Gasteiger partial charge in [0.1, 0.15) is 5.82 Å². The van der Waals surface area contributed by atoms with Crippen LogP contribution in [0.4, 0.5) is 4.39 Å². The molecule has 0 saturated carbocycles. The van der Waals surface area contributed by atoms with Gasteiger partial charge in [-0.2, -0.15) is 0 Å². The molecule has 19 heavy (non-hydrogen) atoms. The Balaban J connectivity index is 2.25. The standard InChI is InChI=1S/C16H17BrFN/c1-10-3-6-14(15(17)7-10)16(19)9-12-8-13(18)5-4-11(12)2/h3-8,16H,9,19H2,1-2H3. The minimum atomic E-state index is -0.212. The quantitative estimate of drug-likeness (QED) is 0.888. The van der Waals surface area contributed by atoms with Gasteiger partial charge in [-0.25, -0.2) is 4.39 Å². The molecule has 1 nitrogen and oxygen atoms in total. The molecule has 0 spiro atoms. The molecular weight excluding hydrogens is 305 g/mol. The molecule has 0 fully saturated rings. The molecular formula is C16H17BrFN. The molecule has 2 N–H and O–H groups in total. The largest absolute Gasteiger partial charge is 0.324 e. The summed E-state index contributed by atoms with van der Waals surface area (Å²) in [6, 6.07) is 10.8. The molecule has 0 aliphatic rings. The van der Waals surface area contributed by atoms with Crippen LogP contribution >= 0.6 is 15.9 Å². The van der Waals surface area contributed by atoms with Crippen molar-refractivity contribution in [3.8, 4) is 0 Å². The third-order valence-corrected chi connectivity index (χ3v) is 3.99. The van der Waals surface area contributed by atoms with Crippen molar-refractivity contribution in [1.29, 1.82) is 0 Å². The Bertz CT molecular complexity index is 595. The molecule has 1 atom stereocenters. The first kappa shape index (κ1) is 14.2. The molecule has 0 heterocycles. The smallest absolute Gasteiger partial charge is 0.123 e. The molecule has 2 aromatic carbocycles. The number of benzene rings is 2. The summed E-state index contributed by atoms with van der Waals surface area (Å²) >= 11 is 3.54. The fraction of sp³-hybridized carbons (Fsp3) is 0.250. The third-order valence-electron chi connectivity index (χ3n) is 3.31. The first-order chi connectivity index (χ1) is 8.97. The van der Waals surface area contributed by atoms with Gasteiger partial charge in [-0.15, -0.1) is 0 Å². The highest BCUT2D eigenvalue weighted by molar-refractivity contribution is 9.10. The summed E-state index contributed by atoms with van der Waals surface area (Å²) in [5.41, 5.74) is 10.5. The van der Waals surface area contributed by atoms with Crippen LogP contribution in [0.25, 0.3) is 0 Å². The zero-order valence-electron chi connectivity index (χ0n) is 11.1. The van der Waals surface area contributed by atoms with E-state index in [0.717, 1.165) is 21.2 Å². The summed E-state index contributed by atoms with van der Waals surface area (Å²) in [5.74, 6) is -0.212. The maximum Gasteiger partial charge on any atom is 0.123 e. The van der Waals surface area contributed by atoms with E-state index in [-0.39, 0.29) is 11.9 Å². The van der Waals surface area contributed by atoms with E-state index < -0.39 is 0 Å². The van der Waals surface area contributed by atoms with Gasteiger partial charge in [0.05, 0.1) is 0 Å². The maximum absolute atomic E-state index is 13.3. The number of aryl methyl sites for hydroxylation is 2. The number of hydrogen-bond acceptors (Lipinski definition) is 1. The van der Waals surface area contributed by atoms with Crippen LogP contribution < -0.4 is 5.73 Å². The Morgan fingerprint density at radius 3 is 2.58 bits per heavy atom. The molecule has 0 aromatic heterocycles. The Kier molecular flexibility index (Phi) is 4.38. The van der Waals surface area contributed by atoms with Crippen molar-refractivity contribution in [3.63, 3.8) is 0 Å². The van der Waals surface area contributed by atoms with Gasteiger partial charge in [-0.3, -0.25) is 0 Å². The van der Waals surface area contributed by atoms with Crippen molar-refractivity contribution in [3.05, 3.63) is 68.9 Å². The summed E-state index contributed by atoms with van der Waals surface area (Å²) in [4.78, 5) is 0. The molecule has 1 unspecified atom stereocenters. The highest BCUT2D eigenvalue weighted by Gasteiger charge is 2.12. The molecule has 0 amide bonds. The minimum absolute atomic E-state index is 0.143. The number of nitrogens with two attached hydrogens (primary N) is 1. The predicted octanol–water partition coefficient (Wildman–Crippen LogP) is 4.45. The maximum atomic E-state index is 13.3. The second kappa shape index (κ2) is 5.85. The molecule has 0 radical (unpaired) electrons. The third kappa shape index (κ3) is 3.43. The molecule has 0 bridgehead atoms. The molecule has 100 valence electrons. The van der Waals surface area contributed by atoms with Crippen LogP contribution in [0.2, 0.25) is 0 Å². The van der Waals surface area contributed by atoms with Crippen LogP contribution in [0.3, 0.4) is 0 Å². The van der Waals surface area contributed by atoms with Gasteiger partial charge in [0.25, 0.3) is 0 Å².